The van der Waals surface area contributed by atoms with E-state index in [1.165, 1.54) is 5.56 Å². The molecule has 0 bridgehead atoms. The van der Waals surface area contributed by atoms with Gasteiger partial charge in [-0.3, -0.25) is 9.78 Å². The van der Waals surface area contributed by atoms with Gasteiger partial charge in [-0.15, -0.1) is 0 Å². The first-order valence-corrected chi connectivity index (χ1v) is 7.76. The zero-order valence-corrected chi connectivity index (χ0v) is 12.8. The van der Waals surface area contributed by atoms with Crippen LogP contribution in [0.1, 0.15) is 24.1 Å². The molecule has 0 aliphatic carbocycles. The number of aromatic nitrogens is 1. The molecule has 0 saturated carbocycles. The summed E-state index contributed by atoms with van der Waals surface area (Å²) in [5.74, 6) is 0.0567. The number of pyridine rings is 1. The number of hydrogen-bond donors (Lipinski definition) is 2. The molecule has 4 heteroatoms. The van der Waals surface area contributed by atoms with Crippen LogP contribution in [0.3, 0.4) is 0 Å². The minimum Gasteiger partial charge on any atom is -0.350 e. The fourth-order valence-electron chi connectivity index (χ4n) is 2.17. The van der Waals surface area contributed by atoms with Gasteiger partial charge in [-0.25, -0.2) is 0 Å². The second-order valence-electron chi connectivity index (χ2n) is 5.19. The van der Waals surface area contributed by atoms with E-state index in [0.29, 0.717) is 19.5 Å². The molecule has 2 aromatic rings. The van der Waals surface area contributed by atoms with Crippen molar-refractivity contribution in [1.29, 1.82) is 0 Å². The second kappa shape index (κ2) is 9.68. The first-order chi connectivity index (χ1) is 10.8. The van der Waals surface area contributed by atoms with Crippen molar-refractivity contribution in [2.45, 2.75) is 25.8 Å². The van der Waals surface area contributed by atoms with E-state index in [1.807, 2.05) is 24.3 Å². The normalized spacial score (nSPS) is 10.4. The topological polar surface area (TPSA) is 54.0 Å². The van der Waals surface area contributed by atoms with Gasteiger partial charge in [0.1, 0.15) is 0 Å². The molecule has 0 aliphatic rings. The molecule has 1 amide bonds. The molecule has 116 valence electrons. The fourth-order valence-corrected chi connectivity index (χ4v) is 2.17. The van der Waals surface area contributed by atoms with Crippen LogP contribution in [0.4, 0.5) is 0 Å². The van der Waals surface area contributed by atoms with E-state index in [2.05, 4.69) is 39.9 Å². The molecule has 2 rings (SSSR count). The monoisotopic (exact) mass is 297 g/mol. The van der Waals surface area contributed by atoms with Crippen molar-refractivity contribution in [1.82, 2.24) is 15.6 Å². The Morgan fingerprint density at radius 1 is 1.00 bits per heavy atom. The molecular weight excluding hydrogens is 274 g/mol. The fraction of sp³-hybridized carbons (Fsp3) is 0.333. The molecular formula is C18H23N3O. The number of carbonyl (C=O) groups is 1. The van der Waals surface area contributed by atoms with Crippen LogP contribution in [0, 0.1) is 0 Å². The Balaban J connectivity index is 1.49. The third-order valence-electron chi connectivity index (χ3n) is 3.38. The summed E-state index contributed by atoms with van der Waals surface area (Å²) < 4.78 is 0. The van der Waals surface area contributed by atoms with Crippen LogP contribution in [0.5, 0.6) is 0 Å². The Bertz CT molecular complexity index is 543. The minimum absolute atomic E-state index is 0.0567. The van der Waals surface area contributed by atoms with Crippen molar-refractivity contribution in [3.8, 4) is 0 Å². The second-order valence-corrected chi connectivity index (χ2v) is 5.19. The third kappa shape index (κ3) is 6.50. The highest BCUT2D eigenvalue weighted by Crippen LogP contribution is 2.01. The molecule has 0 radical (unpaired) electrons. The summed E-state index contributed by atoms with van der Waals surface area (Å²) >= 11 is 0. The number of rotatable bonds is 9. The first-order valence-electron chi connectivity index (χ1n) is 7.76. The molecule has 2 N–H and O–H groups in total. The Hall–Kier alpha value is -2.20. The van der Waals surface area contributed by atoms with Crippen LogP contribution in [0.2, 0.25) is 0 Å². The van der Waals surface area contributed by atoms with E-state index in [0.717, 1.165) is 25.1 Å². The molecule has 0 unspecified atom stereocenters. The van der Waals surface area contributed by atoms with Gasteiger partial charge in [0.05, 0.1) is 12.2 Å². The lowest BCUT2D eigenvalue weighted by atomic mass is 10.1. The highest BCUT2D eigenvalue weighted by molar-refractivity contribution is 5.75. The molecule has 22 heavy (non-hydrogen) atoms. The molecule has 0 saturated heterocycles. The number of benzene rings is 1. The maximum Gasteiger partial charge on any atom is 0.221 e. The predicted molar refractivity (Wildman–Crippen MR) is 88.3 cm³/mol. The summed E-state index contributed by atoms with van der Waals surface area (Å²) in [6, 6.07) is 16.1. The summed E-state index contributed by atoms with van der Waals surface area (Å²) in [5.41, 5.74) is 2.24. The van der Waals surface area contributed by atoms with Crippen LogP contribution in [0.15, 0.2) is 54.7 Å². The average Bonchev–Trinajstić information content (AvgIpc) is 2.58. The van der Waals surface area contributed by atoms with Gasteiger partial charge in [-0.05, 0) is 37.1 Å². The molecule has 1 heterocycles. The van der Waals surface area contributed by atoms with Gasteiger partial charge in [0.2, 0.25) is 5.91 Å². The van der Waals surface area contributed by atoms with Crippen molar-refractivity contribution in [3.05, 3.63) is 66.0 Å². The molecule has 0 atom stereocenters. The van der Waals surface area contributed by atoms with E-state index in [9.17, 15) is 4.79 Å². The van der Waals surface area contributed by atoms with E-state index in [1.54, 1.807) is 6.20 Å². The van der Waals surface area contributed by atoms with Crippen LogP contribution in [-0.2, 0) is 17.8 Å². The Kier molecular flexibility index (Phi) is 7.12. The maximum atomic E-state index is 11.7. The zero-order valence-electron chi connectivity index (χ0n) is 12.8. The molecule has 1 aromatic heterocycles. The lowest BCUT2D eigenvalue weighted by molar-refractivity contribution is -0.121. The third-order valence-corrected chi connectivity index (χ3v) is 3.38. The molecule has 4 nitrogen and oxygen atoms in total. The Morgan fingerprint density at radius 2 is 1.82 bits per heavy atom. The van der Waals surface area contributed by atoms with Crippen LogP contribution in [-0.4, -0.2) is 24.0 Å². The molecule has 0 fully saturated rings. The molecule has 1 aromatic carbocycles. The Morgan fingerprint density at radius 3 is 2.59 bits per heavy atom. The smallest absolute Gasteiger partial charge is 0.221 e. The summed E-state index contributed by atoms with van der Waals surface area (Å²) in [6.45, 7) is 2.14. The summed E-state index contributed by atoms with van der Waals surface area (Å²) in [4.78, 5) is 15.9. The largest absolute Gasteiger partial charge is 0.350 e. The van der Waals surface area contributed by atoms with Crippen molar-refractivity contribution in [2.24, 2.45) is 0 Å². The van der Waals surface area contributed by atoms with E-state index in [4.69, 9.17) is 0 Å². The highest BCUT2D eigenvalue weighted by atomic mass is 16.1. The summed E-state index contributed by atoms with van der Waals surface area (Å²) in [5, 5.41) is 6.18. The molecule has 0 spiro atoms. The van der Waals surface area contributed by atoms with Gasteiger partial charge in [0.25, 0.3) is 0 Å². The van der Waals surface area contributed by atoms with Crippen LogP contribution < -0.4 is 10.6 Å². The average molecular weight is 297 g/mol. The number of carbonyl (C=O) groups excluding carboxylic acids is 1. The van der Waals surface area contributed by atoms with Gasteiger partial charge in [0.15, 0.2) is 0 Å². The number of aryl methyl sites for hydroxylation is 1. The van der Waals surface area contributed by atoms with Crippen LogP contribution in [0.25, 0.3) is 0 Å². The lowest BCUT2D eigenvalue weighted by Gasteiger charge is -2.06. The summed E-state index contributed by atoms with van der Waals surface area (Å²) in [7, 11) is 0. The van der Waals surface area contributed by atoms with E-state index < -0.39 is 0 Å². The van der Waals surface area contributed by atoms with E-state index in [-0.39, 0.29) is 5.91 Å². The lowest BCUT2D eigenvalue weighted by Crippen LogP contribution is -2.28. The SMILES string of the molecule is O=C(CCNCCCc1ccccc1)NCc1ccccn1. The number of nitrogens with zero attached hydrogens (tertiary/aromatic N) is 1. The van der Waals surface area contributed by atoms with Crippen LogP contribution >= 0.6 is 0 Å². The van der Waals surface area contributed by atoms with Crippen molar-refractivity contribution < 1.29 is 4.79 Å². The van der Waals surface area contributed by atoms with Gasteiger partial charge < -0.3 is 10.6 Å². The van der Waals surface area contributed by atoms with Crippen molar-refractivity contribution >= 4 is 5.91 Å². The standard InChI is InChI=1S/C18H23N3O/c22-18(21-15-17-10-4-5-13-20-17)11-14-19-12-6-9-16-7-2-1-3-8-16/h1-5,7-8,10,13,19H,6,9,11-12,14-15H2,(H,21,22). The zero-order chi connectivity index (χ0) is 15.5. The van der Waals surface area contributed by atoms with Gasteiger partial charge >= 0.3 is 0 Å². The molecule has 0 aliphatic heterocycles. The number of amides is 1. The number of hydrogen-bond acceptors (Lipinski definition) is 3. The van der Waals surface area contributed by atoms with Gasteiger partial charge in [-0.1, -0.05) is 36.4 Å². The maximum absolute atomic E-state index is 11.7. The van der Waals surface area contributed by atoms with Crippen molar-refractivity contribution in [3.63, 3.8) is 0 Å². The van der Waals surface area contributed by atoms with E-state index >= 15 is 0 Å². The van der Waals surface area contributed by atoms with Gasteiger partial charge in [-0.2, -0.15) is 0 Å². The van der Waals surface area contributed by atoms with Gasteiger partial charge in [0, 0.05) is 19.2 Å². The number of nitrogens with one attached hydrogen (secondary N) is 2. The summed E-state index contributed by atoms with van der Waals surface area (Å²) in [6.07, 6.45) is 4.38. The first kappa shape index (κ1) is 16.2. The highest BCUT2D eigenvalue weighted by Gasteiger charge is 2.01. The minimum atomic E-state index is 0.0567. The Labute approximate surface area is 132 Å². The predicted octanol–water partition coefficient (Wildman–Crippen LogP) is 2.31. The quantitative estimate of drug-likeness (QED) is 0.698. The van der Waals surface area contributed by atoms with Crippen molar-refractivity contribution in [2.75, 3.05) is 13.1 Å².